The number of hydrogen-bond acceptors (Lipinski definition) is 8. The monoisotopic (exact) mass is 494 g/mol. The fourth-order valence-corrected chi connectivity index (χ4v) is 5.10. The Morgan fingerprint density at radius 2 is 2.00 bits per heavy atom. The molecule has 2 aliphatic rings. The van der Waals surface area contributed by atoms with E-state index in [1.165, 1.54) is 6.07 Å². The average molecular weight is 494 g/mol. The number of hydrogen-bond donors (Lipinski definition) is 0. The van der Waals surface area contributed by atoms with Crippen LogP contribution in [-0.4, -0.2) is 20.4 Å². The summed E-state index contributed by atoms with van der Waals surface area (Å²) in [7, 11) is 0. The number of ether oxygens (including phenoxy) is 2. The van der Waals surface area contributed by atoms with Crippen LogP contribution < -0.4 is 10.3 Å². The van der Waals surface area contributed by atoms with Crippen LogP contribution in [0.3, 0.4) is 0 Å². The Labute approximate surface area is 209 Å². The maximum atomic E-state index is 13.6. The third-order valence-corrected chi connectivity index (χ3v) is 6.97. The average Bonchev–Trinajstić information content (AvgIpc) is 3.27. The quantitative estimate of drug-likeness (QED) is 0.208. The molecule has 2 aromatic heterocycles. The summed E-state index contributed by atoms with van der Waals surface area (Å²) in [6.45, 7) is 1.77. The molecule has 0 spiro atoms. The minimum atomic E-state index is -1.57. The zero-order valence-corrected chi connectivity index (χ0v) is 19.6. The number of aromatic nitrogens is 2. The van der Waals surface area contributed by atoms with E-state index in [9.17, 15) is 19.7 Å². The molecule has 0 aliphatic carbocycles. The van der Waals surface area contributed by atoms with Gasteiger partial charge in [-0.15, -0.1) is 0 Å². The molecule has 10 nitrogen and oxygen atoms in total. The van der Waals surface area contributed by atoms with Gasteiger partial charge in [-0.2, -0.15) is 5.26 Å². The molecule has 2 aliphatic heterocycles. The van der Waals surface area contributed by atoms with Crippen LogP contribution in [-0.2, 0) is 28.3 Å². The van der Waals surface area contributed by atoms with E-state index in [1.807, 2.05) is 6.07 Å². The van der Waals surface area contributed by atoms with Gasteiger partial charge in [0.05, 0.1) is 51.0 Å². The second-order valence-electron chi connectivity index (χ2n) is 8.91. The zero-order valence-electron chi connectivity index (χ0n) is 19.6. The number of carbonyl (C=O) groups is 1. The molecule has 0 unspecified atom stereocenters. The van der Waals surface area contributed by atoms with Crippen LogP contribution in [0.5, 0.6) is 5.75 Å². The van der Waals surface area contributed by atoms with Crippen molar-refractivity contribution in [2.24, 2.45) is 0 Å². The lowest BCUT2D eigenvalue weighted by Crippen LogP contribution is -2.48. The largest absolute Gasteiger partial charge is 0.471 e. The van der Waals surface area contributed by atoms with Gasteiger partial charge in [0.25, 0.3) is 11.2 Å². The normalized spacial score (nSPS) is 17.4. The second-order valence-corrected chi connectivity index (χ2v) is 8.91. The maximum Gasteiger partial charge on any atom is 0.355 e. The highest BCUT2D eigenvalue weighted by Gasteiger charge is 2.49. The van der Waals surface area contributed by atoms with Gasteiger partial charge in [0.2, 0.25) is 5.60 Å². The molecule has 0 radical (unpaired) electrons. The number of pyridine rings is 2. The van der Waals surface area contributed by atoms with Crippen molar-refractivity contribution >= 4 is 22.6 Å². The molecule has 0 fully saturated rings. The summed E-state index contributed by atoms with van der Waals surface area (Å²) in [5.74, 6) is -0.264. The third-order valence-electron chi connectivity index (χ3n) is 6.97. The summed E-state index contributed by atoms with van der Waals surface area (Å²) in [5.41, 5.74) is 1.31. The first kappa shape index (κ1) is 22.4. The zero-order chi connectivity index (χ0) is 25.9. The number of esters is 1. The van der Waals surface area contributed by atoms with Crippen LogP contribution in [0.25, 0.3) is 22.3 Å². The standard InChI is InChI=1S/C27H18N4O6/c1-2-27(37-17-8-6-15(12-28)7-9-17)20-11-23-24-16(13-30(23)25(32)19(20)14-36-26(27)33)10-18-21(29-24)4-3-5-22(18)31(34)35/h3-11H,2,13-14H2,1H3/t27-/m0/s1. The summed E-state index contributed by atoms with van der Waals surface area (Å²) in [6, 6.07) is 16.5. The lowest BCUT2D eigenvalue weighted by Gasteiger charge is -2.36. The van der Waals surface area contributed by atoms with Gasteiger partial charge in [-0.3, -0.25) is 14.9 Å². The van der Waals surface area contributed by atoms with Crippen LogP contribution in [0.2, 0.25) is 0 Å². The molecule has 4 heterocycles. The number of non-ortho nitro benzene ring substituents is 1. The number of rotatable bonds is 4. The van der Waals surface area contributed by atoms with Crippen LogP contribution in [0.4, 0.5) is 5.69 Å². The van der Waals surface area contributed by atoms with E-state index in [0.29, 0.717) is 50.3 Å². The van der Waals surface area contributed by atoms with Gasteiger partial charge < -0.3 is 14.0 Å². The topological polar surface area (TPSA) is 137 Å². The van der Waals surface area contributed by atoms with Gasteiger partial charge in [-0.25, -0.2) is 9.78 Å². The smallest absolute Gasteiger partial charge is 0.355 e. The number of nitro benzene ring substituents is 1. The minimum Gasteiger partial charge on any atom is -0.471 e. The number of benzene rings is 2. The number of cyclic esters (lactones) is 1. The van der Waals surface area contributed by atoms with Crippen LogP contribution in [0.1, 0.15) is 35.6 Å². The van der Waals surface area contributed by atoms with Crippen LogP contribution in [0.15, 0.2) is 59.4 Å². The van der Waals surface area contributed by atoms with Crippen LogP contribution in [0, 0.1) is 21.4 Å². The molecule has 37 heavy (non-hydrogen) atoms. The fraction of sp³-hybridized carbons (Fsp3) is 0.185. The first-order chi connectivity index (χ1) is 17.9. The van der Waals surface area contributed by atoms with Crippen molar-refractivity contribution in [1.82, 2.24) is 9.55 Å². The van der Waals surface area contributed by atoms with E-state index >= 15 is 0 Å². The molecule has 0 saturated heterocycles. The first-order valence-electron chi connectivity index (χ1n) is 11.6. The van der Waals surface area contributed by atoms with E-state index in [0.717, 1.165) is 0 Å². The predicted molar refractivity (Wildman–Crippen MR) is 131 cm³/mol. The number of fused-ring (bicyclic) bond motifs is 5. The Bertz CT molecular complexity index is 1750. The van der Waals surface area contributed by atoms with Gasteiger partial charge in [0.15, 0.2) is 0 Å². The molecule has 4 aromatic rings. The van der Waals surface area contributed by atoms with Crippen LogP contribution >= 0.6 is 0 Å². The maximum absolute atomic E-state index is 13.6. The lowest BCUT2D eigenvalue weighted by molar-refractivity contribution is -0.383. The molecule has 2 aromatic carbocycles. The van der Waals surface area contributed by atoms with E-state index in [4.69, 9.17) is 14.7 Å². The SMILES string of the molecule is CC[C@@]1(Oc2ccc(C#N)cc2)C(=O)OCc2c1cc1n(c2=O)Cc2cc3c([N+](=O)[O-])cccc3nc2-1. The summed E-state index contributed by atoms with van der Waals surface area (Å²) >= 11 is 0. The summed E-state index contributed by atoms with van der Waals surface area (Å²) in [5, 5.41) is 21.0. The highest BCUT2D eigenvalue weighted by atomic mass is 16.6. The Hall–Kier alpha value is -5.04. The molecular weight excluding hydrogens is 476 g/mol. The molecular formula is C27H18N4O6. The Balaban J connectivity index is 1.54. The van der Waals surface area contributed by atoms with Gasteiger partial charge in [-0.1, -0.05) is 13.0 Å². The molecule has 0 N–H and O–H groups in total. The molecule has 0 amide bonds. The summed E-state index contributed by atoms with van der Waals surface area (Å²) in [6.07, 6.45) is 0.186. The van der Waals surface area contributed by atoms with Gasteiger partial charge >= 0.3 is 5.97 Å². The minimum absolute atomic E-state index is 0.0600. The van der Waals surface area contributed by atoms with Gasteiger partial charge in [0, 0.05) is 17.2 Å². The molecule has 1 atom stereocenters. The van der Waals surface area contributed by atoms with Gasteiger partial charge in [0.1, 0.15) is 12.4 Å². The van der Waals surface area contributed by atoms with Crippen molar-refractivity contribution in [3.05, 3.63) is 97.3 Å². The highest BCUT2D eigenvalue weighted by Crippen LogP contribution is 2.41. The van der Waals surface area contributed by atoms with Gasteiger partial charge in [-0.05, 0) is 48.9 Å². The van der Waals surface area contributed by atoms with E-state index in [2.05, 4.69) is 4.98 Å². The van der Waals surface area contributed by atoms with E-state index in [1.54, 1.807) is 60.0 Å². The van der Waals surface area contributed by atoms with E-state index < -0.39 is 16.5 Å². The fourth-order valence-electron chi connectivity index (χ4n) is 5.10. The van der Waals surface area contributed by atoms with Crippen molar-refractivity contribution in [1.29, 1.82) is 5.26 Å². The molecule has 10 heteroatoms. The van der Waals surface area contributed by atoms with Crippen molar-refractivity contribution in [2.75, 3.05) is 0 Å². The van der Waals surface area contributed by atoms with E-state index in [-0.39, 0.29) is 30.8 Å². The van der Waals surface area contributed by atoms with Crippen molar-refractivity contribution in [2.45, 2.75) is 32.1 Å². The number of nitriles is 1. The Morgan fingerprint density at radius 1 is 1.22 bits per heavy atom. The first-order valence-corrected chi connectivity index (χ1v) is 11.6. The number of nitrogens with zero attached hydrogens (tertiary/aromatic N) is 4. The van der Waals surface area contributed by atoms with Crippen molar-refractivity contribution in [3.8, 4) is 23.2 Å². The molecule has 6 rings (SSSR count). The number of carbonyl (C=O) groups excluding carboxylic acids is 1. The lowest BCUT2D eigenvalue weighted by atomic mass is 9.85. The van der Waals surface area contributed by atoms with Crippen molar-refractivity contribution < 1.29 is 19.2 Å². The Morgan fingerprint density at radius 3 is 2.70 bits per heavy atom. The Kier molecular flexibility index (Phi) is 4.85. The second kappa shape index (κ2) is 7.99. The molecule has 0 bridgehead atoms. The molecule has 182 valence electrons. The predicted octanol–water partition coefficient (Wildman–Crippen LogP) is 3.95. The molecule has 0 saturated carbocycles. The summed E-state index contributed by atoms with van der Waals surface area (Å²) in [4.78, 5) is 42.6. The number of nitro groups is 1. The highest BCUT2D eigenvalue weighted by molar-refractivity contribution is 5.91. The van der Waals surface area contributed by atoms with Crippen molar-refractivity contribution in [3.63, 3.8) is 0 Å². The summed E-state index contributed by atoms with van der Waals surface area (Å²) < 4.78 is 13.2. The third kappa shape index (κ3) is 3.21.